The molecule has 0 fully saturated rings. The summed E-state index contributed by atoms with van der Waals surface area (Å²) in [7, 11) is -5.33. The lowest BCUT2D eigenvalue weighted by Crippen LogP contribution is -2.34. The van der Waals surface area contributed by atoms with Crippen molar-refractivity contribution in [1.82, 2.24) is 0 Å². The summed E-state index contributed by atoms with van der Waals surface area (Å²) in [6.07, 6.45) is -13.8. The Morgan fingerprint density at radius 1 is 0.900 bits per heavy atom. The highest BCUT2D eigenvalue weighted by atomic mass is 35.5. The third-order valence-electron chi connectivity index (χ3n) is 5.20. The van der Waals surface area contributed by atoms with Crippen LogP contribution in [-0.4, -0.2) is 39.7 Å². The minimum atomic E-state index is -5.33. The fourth-order valence-electron chi connectivity index (χ4n) is 3.52. The molecule has 0 spiro atoms. The maximum atomic E-state index is 13.5. The molecule has 2 unspecified atom stereocenters. The number of hydrogen-bond donors (Lipinski definition) is 3. The van der Waals surface area contributed by atoms with Gasteiger partial charge in [0, 0.05) is 21.2 Å². The first kappa shape index (κ1) is 32.0. The summed E-state index contributed by atoms with van der Waals surface area (Å²) >= 11 is 11.3. The van der Waals surface area contributed by atoms with Crippen LogP contribution < -0.4 is 0 Å². The van der Waals surface area contributed by atoms with Gasteiger partial charge < -0.3 is 29.1 Å². The SMILES string of the molecule is O=C1OC(C(CO)OP(=O)(O)O)C(OCc2ccc(Cl)cc2C(F)(F)F)=C1OCc1ccc(Cl)cc1C(F)(F)F. The number of benzene rings is 2. The summed E-state index contributed by atoms with van der Waals surface area (Å²) in [6, 6.07) is 5.27. The Balaban J connectivity index is 2.02. The van der Waals surface area contributed by atoms with Crippen LogP contribution in [0.15, 0.2) is 47.9 Å². The van der Waals surface area contributed by atoms with E-state index in [1.807, 2.05) is 0 Å². The van der Waals surface area contributed by atoms with Gasteiger partial charge in [0.25, 0.3) is 0 Å². The number of carbonyl (C=O) groups is 1. The van der Waals surface area contributed by atoms with Gasteiger partial charge in [-0.05, 0) is 24.3 Å². The van der Waals surface area contributed by atoms with Gasteiger partial charge in [0.15, 0.2) is 11.9 Å². The van der Waals surface area contributed by atoms with Crippen molar-refractivity contribution in [3.63, 3.8) is 0 Å². The predicted octanol–water partition coefficient (Wildman–Crippen LogP) is 5.37. The molecule has 0 aromatic heterocycles. The summed E-state index contributed by atoms with van der Waals surface area (Å²) in [5.74, 6) is -3.17. The average Bonchev–Trinajstić information content (AvgIpc) is 3.14. The third kappa shape index (κ3) is 8.03. The third-order valence-corrected chi connectivity index (χ3v) is 6.22. The predicted molar refractivity (Wildman–Crippen MR) is 123 cm³/mol. The molecule has 3 rings (SSSR count). The molecule has 1 heterocycles. The number of phosphoric acid groups is 1. The van der Waals surface area contributed by atoms with Gasteiger partial charge in [-0.3, -0.25) is 4.52 Å². The highest BCUT2D eigenvalue weighted by molar-refractivity contribution is 7.46. The highest BCUT2D eigenvalue weighted by Gasteiger charge is 2.46. The molecular weight excluding hydrogens is 624 g/mol. The number of carbonyl (C=O) groups excluding carboxylic acids is 1. The molecule has 0 saturated heterocycles. The molecule has 1 aliphatic rings. The molecule has 18 heteroatoms. The van der Waals surface area contributed by atoms with Gasteiger partial charge in [0.2, 0.25) is 5.76 Å². The zero-order valence-electron chi connectivity index (χ0n) is 19.5. The molecule has 2 atom stereocenters. The number of cyclic esters (lactones) is 1. The number of aliphatic hydroxyl groups is 1. The van der Waals surface area contributed by atoms with Gasteiger partial charge in [-0.25, -0.2) is 9.36 Å². The lowest BCUT2D eigenvalue weighted by atomic mass is 10.1. The first-order chi connectivity index (χ1) is 18.4. The zero-order valence-corrected chi connectivity index (χ0v) is 21.9. The molecule has 0 saturated carbocycles. The van der Waals surface area contributed by atoms with E-state index in [2.05, 4.69) is 4.52 Å². The van der Waals surface area contributed by atoms with Crippen LogP contribution in [0, 0.1) is 0 Å². The maximum absolute atomic E-state index is 13.5. The van der Waals surface area contributed by atoms with Crippen LogP contribution in [0.4, 0.5) is 26.3 Å². The lowest BCUT2D eigenvalue weighted by Gasteiger charge is -2.23. The van der Waals surface area contributed by atoms with E-state index in [1.165, 1.54) is 0 Å². The molecule has 40 heavy (non-hydrogen) atoms. The summed E-state index contributed by atoms with van der Waals surface area (Å²) in [5.41, 5.74) is -3.48. The normalized spacial score (nSPS) is 17.2. The van der Waals surface area contributed by atoms with E-state index < -0.39 is 91.9 Å². The van der Waals surface area contributed by atoms with E-state index in [4.69, 9.17) is 47.2 Å². The van der Waals surface area contributed by atoms with E-state index >= 15 is 0 Å². The highest BCUT2D eigenvalue weighted by Crippen LogP contribution is 2.42. The molecule has 9 nitrogen and oxygen atoms in total. The Bertz CT molecular complexity index is 1340. The van der Waals surface area contributed by atoms with E-state index in [9.17, 15) is 40.8 Å². The molecule has 220 valence electrons. The Labute approximate surface area is 231 Å². The van der Waals surface area contributed by atoms with Crippen LogP contribution in [0.5, 0.6) is 0 Å². The average molecular weight is 641 g/mol. The Hall–Kier alpha value is -2.52. The van der Waals surface area contributed by atoms with Gasteiger partial charge in [0.05, 0.1) is 17.7 Å². The van der Waals surface area contributed by atoms with Crippen molar-refractivity contribution in [1.29, 1.82) is 0 Å². The number of hydrogen-bond acceptors (Lipinski definition) is 7. The Kier molecular flexibility index (Phi) is 9.72. The first-order valence-electron chi connectivity index (χ1n) is 10.7. The van der Waals surface area contributed by atoms with Crippen LogP contribution in [0.25, 0.3) is 0 Å². The van der Waals surface area contributed by atoms with Crippen LogP contribution in [0.2, 0.25) is 10.0 Å². The van der Waals surface area contributed by atoms with Crippen molar-refractivity contribution < 1.29 is 69.3 Å². The molecule has 1 aliphatic heterocycles. The van der Waals surface area contributed by atoms with E-state index in [-0.39, 0.29) is 10.0 Å². The van der Waals surface area contributed by atoms with Crippen molar-refractivity contribution in [2.75, 3.05) is 6.61 Å². The molecular formula is C22H17Cl2F6O9P. The smallest absolute Gasteiger partial charge is 0.470 e. The van der Waals surface area contributed by atoms with Gasteiger partial charge in [-0.15, -0.1) is 0 Å². The van der Waals surface area contributed by atoms with Crippen molar-refractivity contribution >= 4 is 37.0 Å². The van der Waals surface area contributed by atoms with Crippen LogP contribution in [0.1, 0.15) is 22.3 Å². The monoisotopic (exact) mass is 640 g/mol. The summed E-state index contributed by atoms with van der Waals surface area (Å²) < 4.78 is 112. The largest absolute Gasteiger partial charge is 0.485 e. The minimum Gasteiger partial charge on any atom is -0.485 e. The molecule has 2 aromatic rings. The molecule has 0 bridgehead atoms. The minimum absolute atomic E-state index is 0.261. The standard InChI is InChI=1S/C22H17Cl2F6O9P/c23-12-3-1-10(14(5-12)21(25,26)27)8-36-18-17(16(7-31)39-40(33,34)35)38-20(32)19(18)37-9-11-2-4-13(24)6-15(11)22(28,29)30/h1-6,16-17,31H,7-9H2,(H2,33,34,35). The number of phosphoric ester groups is 1. The summed E-state index contributed by atoms with van der Waals surface area (Å²) in [4.78, 5) is 30.8. The summed E-state index contributed by atoms with van der Waals surface area (Å²) in [6.45, 7) is -3.11. The fraction of sp³-hybridized carbons (Fsp3) is 0.318. The van der Waals surface area contributed by atoms with Gasteiger partial charge in [-0.2, -0.15) is 26.3 Å². The van der Waals surface area contributed by atoms with E-state index in [1.54, 1.807) is 0 Å². The first-order valence-corrected chi connectivity index (χ1v) is 13.0. The number of rotatable bonds is 10. The molecule has 0 radical (unpaired) electrons. The Morgan fingerprint density at radius 2 is 1.38 bits per heavy atom. The van der Waals surface area contributed by atoms with Crippen LogP contribution >= 0.6 is 31.0 Å². The number of alkyl halides is 6. The molecule has 2 aromatic carbocycles. The zero-order chi connectivity index (χ0) is 30.0. The van der Waals surface area contributed by atoms with Gasteiger partial charge in [-0.1, -0.05) is 35.3 Å². The number of aliphatic hydroxyl groups excluding tert-OH is 1. The second kappa shape index (κ2) is 12.1. The topological polar surface area (TPSA) is 132 Å². The number of ether oxygens (including phenoxy) is 3. The molecule has 0 aliphatic carbocycles. The van der Waals surface area contributed by atoms with Gasteiger partial charge >= 0.3 is 26.1 Å². The van der Waals surface area contributed by atoms with Crippen molar-refractivity contribution in [2.24, 2.45) is 0 Å². The summed E-state index contributed by atoms with van der Waals surface area (Å²) in [5, 5.41) is 9.06. The van der Waals surface area contributed by atoms with Gasteiger partial charge in [0.1, 0.15) is 19.3 Å². The molecule has 3 N–H and O–H groups in total. The Morgan fingerprint density at radius 3 is 1.80 bits per heavy atom. The quantitative estimate of drug-likeness (QED) is 0.178. The maximum Gasteiger partial charge on any atom is 0.470 e. The van der Waals surface area contributed by atoms with Crippen molar-refractivity contribution in [2.45, 2.75) is 37.8 Å². The van der Waals surface area contributed by atoms with Crippen molar-refractivity contribution in [3.8, 4) is 0 Å². The fourth-order valence-corrected chi connectivity index (χ4v) is 4.39. The lowest BCUT2D eigenvalue weighted by molar-refractivity contribution is -0.148. The van der Waals surface area contributed by atoms with Crippen LogP contribution in [-0.2, 0) is 53.7 Å². The van der Waals surface area contributed by atoms with E-state index in [0.717, 1.165) is 24.3 Å². The molecule has 0 amide bonds. The van der Waals surface area contributed by atoms with Crippen molar-refractivity contribution in [3.05, 3.63) is 80.2 Å². The number of esters is 1. The van der Waals surface area contributed by atoms with Crippen LogP contribution in [0.3, 0.4) is 0 Å². The number of halogens is 8. The van der Waals surface area contributed by atoms with E-state index in [0.29, 0.717) is 12.1 Å². The second-order valence-electron chi connectivity index (χ2n) is 8.01. The second-order valence-corrected chi connectivity index (χ2v) is 10.1.